The molecular formula is C21H22BrNO6. The average Bonchev–Trinajstić information content (AvgIpc) is 3.13. The first-order valence-electron chi connectivity index (χ1n) is 9.50. The third-order valence-electron chi connectivity index (χ3n) is 5.32. The van der Waals surface area contributed by atoms with E-state index in [2.05, 4.69) is 21.2 Å². The molecule has 1 atom stereocenters. The number of halogens is 1. The molecule has 0 spiro atoms. The number of carbonyl (C=O) groups is 2. The molecule has 0 radical (unpaired) electrons. The Hall–Kier alpha value is -2.32. The number of ether oxygens (including phenoxy) is 4. The van der Waals surface area contributed by atoms with Gasteiger partial charge in [-0.1, -0.05) is 15.9 Å². The van der Waals surface area contributed by atoms with Crippen LogP contribution in [-0.2, 0) is 19.1 Å². The molecule has 0 aromatic heterocycles. The summed E-state index contributed by atoms with van der Waals surface area (Å²) < 4.78 is 22.1. The zero-order chi connectivity index (χ0) is 20.5. The molecule has 29 heavy (non-hydrogen) atoms. The standard InChI is InChI=1S/C21H22BrNO6/c1-11-18(21(25)27-7-6-26-2)19(20-14(23-11)4-3-5-15(20)24)12-8-16-17(9-13(12)22)29-10-28-16/h8-9,19,23H,3-7,10H2,1-2H3/t19-/m1/s1. The topological polar surface area (TPSA) is 83.1 Å². The predicted octanol–water partition coefficient (Wildman–Crippen LogP) is 3.34. The number of nitrogens with one attached hydrogen (secondary N) is 1. The van der Waals surface area contributed by atoms with Crippen LogP contribution in [0.4, 0.5) is 0 Å². The summed E-state index contributed by atoms with van der Waals surface area (Å²) in [6.45, 7) is 2.42. The Kier molecular flexibility index (Phi) is 5.65. The molecule has 3 aliphatic rings. The molecule has 1 aromatic carbocycles. The van der Waals surface area contributed by atoms with E-state index in [4.69, 9.17) is 18.9 Å². The lowest BCUT2D eigenvalue weighted by molar-refractivity contribution is -0.140. The van der Waals surface area contributed by atoms with Gasteiger partial charge >= 0.3 is 5.97 Å². The van der Waals surface area contributed by atoms with Crippen LogP contribution in [0.15, 0.2) is 39.1 Å². The molecule has 154 valence electrons. The third-order valence-corrected chi connectivity index (χ3v) is 6.01. The second kappa shape index (κ2) is 8.20. The second-order valence-corrected chi connectivity index (χ2v) is 7.98. The number of esters is 1. The number of ketones is 1. The summed E-state index contributed by atoms with van der Waals surface area (Å²) in [4.78, 5) is 25.9. The highest BCUT2D eigenvalue weighted by atomic mass is 79.9. The van der Waals surface area contributed by atoms with Gasteiger partial charge in [-0.25, -0.2) is 4.79 Å². The average molecular weight is 464 g/mol. The van der Waals surface area contributed by atoms with E-state index in [1.165, 1.54) is 0 Å². The van der Waals surface area contributed by atoms with E-state index in [1.54, 1.807) is 7.11 Å². The van der Waals surface area contributed by atoms with Crippen molar-refractivity contribution in [1.82, 2.24) is 5.32 Å². The monoisotopic (exact) mass is 463 g/mol. The highest BCUT2D eigenvalue weighted by Gasteiger charge is 2.40. The Morgan fingerprint density at radius 1 is 1.24 bits per heavy atom. The van der Waals surface area contributed by atoms with Gasteiger partial charge in [0.25, 0.3) is 0 Å². The van der Waals surface area contributed by atoms with Crippen LogP contribution < -0.4 is 14.8 Å². The zero-order valence-corrected chi connectivity index (χ0v) is 17.9. The molecule has 1 aliphatic carbocycles. The number of benzene rings is 1. The fourth-order valence-electron chi connectivity index (χ4n) is 4.01. The van der Waals surface area contributed by atoms with Gasteiger partial charge in [0, 0.05) is 40.9 Å². The minimum Gasteiger partial charge on any atom is -0.460 e. The first-order chi connectivity index (χ1) is 14.0. The number of fused-ring (bicyclic) bond motifs is 1. The Morgan fingerprint density at radius 3 is 2.76 bits per heavy atom. The van der Waals surface area contributed by atoms with Crippen LogP contribution in [0, 0.1) is 0 Å². The summed E-state index contributed by atoms with van der Waals surface area (Å²) in [5, 5.41) is 3.28. The molecule has 0 saturated heterocycles. The predicted molar refractivity (Wildman–Crippen MR) is 108 cm³/mol. The van der Waals surface area contributed by atoms with E-state index in [-0.39, 0.29) is 19.2 Å². The minimum atomic E-state index is -0.544. The van der Waals surface area contributed by atoms with Gasteiger partial charge in [0.2, 0.25) is 6.79 Å². The summed E-state index contributed by atoms with van der Waals surface area (Å²) in [5.74, 6) is 0.257. The lowest BCUT2D eigenvalue weighted by Gasteiger charge is -2.34. The Labute approximate surface area is 177 Å². The quantitative estimate of drug-likeness (QED) is 0.529. The molecule has 0 bridgehead atoms. The van der Waals surface area contributed by atoms with E-state index in [9.17, 15) is 9.59 Å². The van der Waals surface area contributed by atoms with Gasteiger partial charge in [-0.2, -0.15) is 0 Å². The van der Waals surface area contributed by atoms with Crippen LogP contribution in [0.1, 0.15) is 37.7 Å². The number of Topliss-reactive ketones (excluding diaryl/α,β-unsaturated/α-hetero) is 1. The summed E-state index contributed by atoms with van der Waals surface area (Å²) in [6, 6.07) is 3.65. The van der Waals surface area contributed by atoms with Crippen molar-refractivity contribution in [2.45, 2.75) is 32.1 Å². The maximum absolute atomic E-state index is 13.0. The van der Waals surface area contributed by atoms with E-state index in [1.807, 2.05) is 19.1 Å². The van der Waals surface area contributed by atoms with Gasteiger partial charge in [0.1, 0.15) is 6.61 Å². The van der Waals surface area contributed by atoms with Crippen molar-refractivity contribution in [3.63, 3.8) is 0 Å². The van der Waals surface area contributed by atoms with Crippen LogP contribution in [0.3, 0.4) is 0 Å². The van der Waals surface area contributed by atoms with E-state index in [0.717, 1.165) is 28.6 Å². The number of carbonyl (C=O) groups excluding carboxylic acids is 2. The second-order valence-electron chi connectivity index (χ2n) is 7.12. The van der Waals surface area contributed by atoms with Gasteiger partial charge in [0.05, 0.1) is 12.2 Å². The summed E-state index contributed by atoms with van der Waals surface area (Å²) >= 11 is 3.60. The van der Waals surface area contributed by atoms with E-state index < -0.39 is 11.9 Å². The molecule has 2 aliphatic heterocycles. The number of hydrogen-bond acceptors (Lipinski definition) is 7. The number of dihydropyridines is 1. The van der Waals surface area contributed by atoms with Crippen molar-refractivity contribution in [2.24, 2.45) is 0 Å². The number of methoxy groups -OCH3 is 1. The Balaban J connectivity index is 1.82. The zero-order valence-electron chi connectivity index (χ0n) is 16.3. The molecule has 1 aromatic rings. The van der Waals surface area contributed by atoms with Crippen molar-refractivity contribution in [3.8, 4) is 11.5 Å². The van der Waals surface area contributed by atoms with E-state index >= 15 is 0 Å². The van der Waals surface area contributed by atoms with Gasteiger partial charge in [0.15, 0.2) is 17.3 Å². The number of rotatable bonds is 5. The first kappa shape index (κ1) is 20.0. The third kappa shape index (κ3) is 3.67. The Bertz CT molecular complexity index is 935. The molecule has 0 fully saturated rings. The first-order valence-corrected chi connectivity index (χ1v) is 10.3. The van der Waals surface area contributed by atoms with Crippen LogP contribution in [0.5, 0.6) is 11.5 Å². The fraction of sp³-hybridized carbons (Fsp3) is 0.429. The smallest absolute Gasteiger partial charge is 0.336 e. The Morgan fingerprint density at radius 2 is 2.00 bits per heavy atom. The molecular weight excluding hydrogens is 442 g/mol. The highest BCUT2D eigenvalue weighted by molar-refractivity contribution is 9.10. The van der Waals surface area contributed by atoms with E-state index in [0.29, 0.717) is 41.4 Å². The SMILES string of the molecule is COCCOC(=O)C1=C(C)NC2=C(C(=O)CCC2)[C@@H]1c1cc2c(cc1Br)OCO2. The van der Waals surface area contributed by atoms with Crippen molar-refractivity contribution < 1.29 is 28.5 Å². The van der Waals surface area contributed by atoms with Crippen LogP contribution in [-0.4, -0.2) is 38.9 Å². The van der Waals surface area contributed by atoms with Gasteiger partial charge < -0.3 is 24.3 Å². The van der Waals surface area contributed by atoms with Crippen molar-refractivity contribution in [2.75, 3.05) is 27.1 Å². The molecule has 8 heteroatoms. The lowest BCUT2D eigenvalue weighted by Crippen LogP contribution is -2.34. The largest absolute Gasteiger partial charge is 0.460 e. The molecule has 1 N–H and O–H groups in total. The molecule has 0 saturated carbocycles. The van der Waals surface area contributed by atoms with Gasteiger partial charge in [-0.05, 0) is 37.5 Å². The fourth-order valence-corrected chi connectivity index (χ4v) is 4.57. The van der Waals surface area contributed by atoms with Crippen molar-refractivity contribution >= 4 is 27.7 Å². The van der Waals surface area contributed by atoms with Crippen LogP contribution in [0.25, 0.3) is 0 Å². The lowest BCUT2D eigenvalue weighted by atomic mass is 9.75. The molecule has 4 rings (SSSR count). The summed E-state index contributed by atoms with van der Waals surface area (Å²) in [6.07, 6.45) is 2.02. The van der Waals surface area contributed by atoms with Gasteiger partial charge in [-0.15, -0.1) is 0 Å². The summed E-state index contributed by atoms with van der Waals surface area (Å²) in [7, 11) is 1.55. The van der Waals surface area contributed by atoms with Crippen molar-refractivity contribution in [3.05, 3.63) is 44.7 Å². The van der Waals surface area contributed by atoms with Crippen molar-refractivity contribution in [1.29, 1.82) is 0 Å². The molecule has 0 amide bonds. The maximum Gasteiger partial charge on any atom is 0.336 e. The molecule has 2 heterocycles. The number of allylic oxidation sites excluding steroid dienone is 3. The minimum absolute atomic E-state index is 0.0445. The van der Waals surface area contributed by atoms with Gasteiger partial charge in [-0.3, -0.25) is 4.79 Å². The maximum atomic E-state index is 13.0. The van der Waals surface area contributed by atoms with Crippen LogP contribution in [0.2, 0.25) is 0 Å². The van der Waals surface area contributed by atoms with Crippen LogP contribution >= 0.6 is 15.9 Å². The molecule has 0 unspecified atom stereocenters. The number of hydrogen-bond donors (Lipinski definition) is 1. The normalized spacial score (nSPS) is 20.5. The summed E-state index contributed by atoms with van der Waals surface area (Å²) in [5.41, 5.74) is 3.39. The molecule has 7 nitrogen and oxygen atoms in total. The highest BCUT2D eigenvalue weighted by Crippen LogP contribution is 2.48.